The second-order valence-corrected chi connectivity index (χ2v) is 8.84. The fourth-order valence-electron chi connectivity index (χ4n) is 4.38. The van der Waals surface area contributed by atoms with Gasteiger partial charge in [0.1, 0.15) is 12.3 Å². The van der Waals surface area contributed by atoms with Crippen LogP contribution in [0, 0.1) is 0 Å². The van der Waals surface area contributed by atoms with E-state index in [2.05, 4.69) is 27.8 Å². The van der Waals surface area contributed by atoms with E-state index in [1.807, 2.05) is 36.4 Å². The number of hydrogen-bond donors (Lipinski definition) is 3. The minimum absolute atomic E-state index is 0.0633. The van der Waals surface area contributed by atoms with E-state index in [4.69, 9.17) is 14.6 Å². The average molecular weight is 480 g/mol. The van der Waals surface area contributed by atoms with Gasteiger partial charge in [0, 0.05) is 17.9 Å². The number of anilines is 1. The van der Waals surface area contributed by atoms with Crippen molar-refractivity contribution in [2.75, 3.05) is 18.5 Å². The number of benzene rings is 2. The molecule has 0 unspecified atom stereocenters. The highest BCUT2D eigenvalue weighted by atomic mass is 32.1. The molecule has 2 aliphatic rings. The highest BCUT2D eigenvalue weighted by Crippen LogP contribution is 2.44. The average Bonchev–Trinajstić information content (AvgIpc) is 3.56. The maximum Gasteiger partial charge on any atom is 0.413 e. The van der Waals surface area contributed by atoms with Gasteiger partial charge in [0.2, 0.25) is 0 Å². The summed E-state index contributed by atoms with van der Waals surface area (Å²) >= 11 is 1.08. The summed E-state index contributed by atoms with van der Waals surface area (Å²) in [6.07, 6.45) is -1.35. The summed E-state index contributed by atoms with van der Waals surface area (Å²) in [6, 6.07) is 15.5. The number of carboxylic acids is 1. The molecule has 1 fully saturated rings. The number of aliphatic carboxylic acids is 1. The van der Waals surface area contributed by atoms with Gasteiger partial charge in [-0.3, -0.25) is 10.1 Å². The molecule has 1 aliphatic heterocycles. The predicted molar refractivity (Wildman–Crippen MR) is 124 cm³/mol. The van der Waals surface area contributed by atoms with Crippen molar-refractivity contribution in [3.63, 3.8) is 0 Å². The molecular formula is C24H21N3O6S. The first-order valence-electron chi connectivity index (χ1n) is 10.7. The first kappa shape index (κ1) is 22.1. The molecule has 1 aliphatic carbocycles. The molecule has 2 atom stereocenters. The maximum absolute atomic E-state index is 12.4. The number of fused-ring (bicyclic) bond motifs is 3. The Morgan fingerprint density at radius 3 is 2.44 bits per heavy atom. The number of amides is 2. The summed E-state index contributed by atoms with van der Waals surface area (Å²) in [5.74, 6) is -1.72. The van der Waals surface area contributed by atoms with Crippen molar-refractivity contribution in [2.45, 2.75) is 24.5 Å². The van der Waals surface area contributed by atoms with Crippen molar-refractivity contribution in [1.29, 1.82) is 0 Å². The zero-order chi connectivity index (χ0) is 23.7. The number of hydrogen-bond acceptors (Lipinski definition) is 7. The first-order chi connectivity index (χ1) is 16.5. The largest absolute Gasteiger partial charge is 0.479 e. The Kier molecular flexibility index (Phi) is 5.99. The molecule has 34 heavy (non-hydrogen) atoms. The molecule has 1 saturated heterocycles. The van der Waals surface area contributed by atoms with Crippen molar-refractivity contribution < 1.29 is 29.0 Å². The molecule has 1 aromatic heterocycles. The third kappa shape index (κ3) is 4.25. The minimum atomic E-state index is -1.13. The highest BCUT2D eigenvalue weighted by Gasteiger charge is 2.35. The SMILES string of the molecule is O=C(Nc1nc(C(=O)N[C@H]2CCO[C@H]2C(=O)O)cs1)OCC1c2ccccc2-c2ccccc21. The van der Waals surface area contributed by atoms with E-state index in [9.17, 15) is 14.4 Å². The lowest BCUT2D eigenvalue weighted by atomic mass is 9.98. The summed E-state index contributed by atoms with van der Waals surface area (Å²) < 4.78 is 10.6. The number of aromatic nitrogens is 1. The topological polar surface area (TPSA) is 127 Å². The van der Waals surface area contributed by atoms with Crippen LogP contribution in [0.15, 0.2) is 53.9 Å². The third-order valence-electron chi connectivity index (χ3n) is 5.94. The Morgan fingerprint density at radius 2 is 1.76 bits per heavy atom. The normalized spacial score (nSPS) is 18.7. The van der Waals surface area contributed by atoms with Gasteiger partial charge in [0.25, 0.3) is 5.91 Å². The summed E-state index contributed by atoms with van der Waals surface area (Å²) in [7, 11) is 0. The molecular weight excluding hydrogens is 458 g/mol. The molecule has 0 bridgehead atoms. The molecule has 2 amide bonds. The van der Waals surface area contributed by atoms with E-state index < -0.39 is 30.1 Å². The van der Waals surface area contributed by atoms with Gasteiger partial charge >= 0.3 is 12.1 Å². The Balaban J connectivity index is 1.19. The van der Waals surface area contributed by atoms with Gasteiger partial charge in [-0.2, -0.15) is 0 Å². The molecule has 2 aromatic carbocycles. The summed E-state index contributed by atoms with van der Waals surface area (Å²) in [6.45, 7) is 0.421. The van der Waals surface area contributed by atoms with Crippen LogP contribution in [0.2, 0.25) is 0 Å². The Bertz CT molecular complexity index is 1210. The van der Waals surface area contributed by atoms with Crippen molar-refractivity contribution >= 4 is 34.4 Å². The van der Waals surface area contributed by atoms with E-state index in [0.29, 0.717) is 6.42 Å². The number of ether oxygens (including phenoxy) is 2. The van der Waals surface area contributed by atoms with Gasteiger partial charge in [0.05, 0.1) is 6.04 Å². The molecule has 5 rings (SSSR count). The lowest BCUT2D eigenvalue weighted by molar-refractivity contribution is -0.148. The van der Waals surface area contributed by atoms with Crippen LogP contribution >= 0.6 is 11.3 Å². The number of nitrogens with zero attached hydrogens (tertiary/aromatic N) is 1. The predicted octanol–water partition coefficient (Wildman–Crippen LogP) is 3.48. The van der Waals surface area contributed by atoms with E-state index >= 15 is 0 Å². The summed E-state index contributed by atoms with van der Waals surface area (Å²) in [5.41, 5.74) is 4.58. The maximum atomic E-state index is 12.4. The molecule has 0 saturated carbocycles. The van der Waals surface area contributed by atoms with Gasteiger partial charge in [-0.1, -0.05) is 48.5 Å². The number of rotatable bonds is 6. The lowest BCUT2D eigenvalue weighted by Crippen LogP contribution is -2.44. The molecule has 2 heterocycles. The lowest BCUT2D eigenvalue weighted by Gasteiger charge is -2.15. The van der Waals surface area contributed by atoms with Gasteiger partial charge in [-0.25, -0.2) is 14.6 Å². The second kappa shape index (κ2) is 9.24. The van der Waals surface area contributed by atoms with E-state index in [0.717, 1.165) is 33.6 Å². The minimum Gasteiger partial charge on any atom is -0.479 e. The molecule has 0 spiro atoms. The van der Waals surface area contributed by atoms with E-state index in [1.54, 1.807) is 0 Å². The zero-order valence-corrected chi connectivity index (χ0v) is 18.7. The monoisotopic (exact) mass is 479 g/mol. The first-order valence-corrected chi connectivity index (χ1v) is 11.6. The smallest absolute Gasteiger partial charge is 0.413 e. The number of carboxylic acid groups (broad SMARTS) is 1. The van der Waals surface area contributed by atoms with Crippen LogP contribution in [-0.2, 0) is 14.3 Å². The number of thiazole rings is 1. The van der Waals surface area contributed by atoms with Crippen molar-refractivity contribution in [3.8, 4) is 11.1 Å². The van der Waals surface area contributed by atoms with Gasteiger partial charge < -0.3 is 19.9 Å². The van der Waals surface area contributed by atoms with Crippen molar-refractivity contribution in [3.05, 3.63) is 70.7 Å². The number of carbonyl (C=O) groups excluding carboxylic acids is 2. The molecule has 3 aromatic rings. The van der Waals surface area contributed by atoms with Gasteiger partial charge in [0.15, 0.2) is 11.2 Å². The Labute approximate surface area is 198 Å². The van der Waals surface area contributed by atoms with Crippen LogP contribution in [0.1, 0.15) is 34.0 Å². The van der Waals surface area contributed by atoms with Crippen LogP contribution in [0.25, 0.3) is 11.1 Å². The second-order valence-electron chi connectivity index (χ2n) is 7.99. The molecule has 9 nitrogen and oxygen atoms in total. The van der Waals surface area contributed by atoms with Gasteiger partial charge in [-0.05, 0) is 28.7 Å². The summed E-state index contributed by atoms with van der Waals surface area (Å²) in [5, 5.41) is 16.0. The Morgan fingerprint density at radius 1 is 1.09 bits per heavy atom. The van der Waals surface area contributed by atoms with E-state index in [-0.39, 0.29) is 30.0 Å². The van der Waals surface area contributed by atoms with E-state index in [1.165, 1.54) is 5.38 Å². The molecule has 10 heteroatoms. The summed E-state index contributed by atoms with van der Waals surface area (Å²) in [4.78, 5) is 40.2. The number of nitrogens with one attached hydrogen (secondary N) is 2. The van der Waals surface area contributed by atoms with Crippen LogP contribution in [0.3, 0.4) is 0 Å². The van der Waals surface area contributed by atoms with Crippen LogP contribution in [0.4, 0.5) is 9.93 Å². The third-order valence-corrected chi connectivity index (χ3v) is 6.70. The molecule has 3 N–H and O–H groups in total. The van der Waals surface area contributed by atoms with Gasteiger partial charge in [-0.15, -0.1) is 11.3 Å². The highest BCUT2D eigenvalue weighted by molar-refractivity contribution is 7.14. The fraction of sp³-hybridized carbons (Fsp3) is 0.250. The standard InChI is InChI=1S/C24H21N3O6S/c28-21(25-18-9-10-32-20(18)22(29)30)19-12-34-23(26-19)27-24(31)33-11-17-15-7-3-1-5-13(15)14-6-2-4-8-16(14)17/h1-8,12,17-18,20H,9-11H2,(H,25,28)(H,29,30)(H,26,27,31)/t18-,20+/m0/s1. The van der Waals surface area contributed by atoms with Crippen molar-refractivity contribution in [2.24, 2.45) is 0 Å². The molecule has 0 radical (unpaired) electrons. The quantitative estimate of drug-likeness (QED) is 0.494. The zero-order valence-electron chi connectivity index (χ0n) is 17.9. The molecule has 174 valence electrons. The fourth-order valence-corrected chi connectivity index (χ4v) is 5.06. The number of carbonyl (C=O) groups is 3. The Hall–Kier alpha value is -3.76. The van der Waals surface area contributed by atoms with Crippen LogP contribution in [0.5, 0.6) is 0 Å². The van der Waals surface area contributed by atoms with Crippen LogP contribution < -0.4 is 10.6 Å². The van der Waals surface area contributed by atoms with Crippen LogP contribution in [-0.4, -0.2) is 53.4 Å². The van der Waals surface area contributed by atoms with Crippen molar-refractivity contribution in [1.82, 2.24) is 10.3 Å².